The van der Waals surface area contributed by atoms with E-state index in [-0.39, 0.29) is 11.8 Å². The smallest absolute Gasteiger partial charge is 0.324 e. The van der Waals surface area contributed by atoms with Crippen molar-refractivity contribution in [1.82, 2.24) is 0 Å². The Labute approximate surface area is 75.9 Å². The van der Waals surface area contributed by atoms with Crippen molar-refractivity contribution in [2.75, 3.05) is 11.8 Å². The molecule has 0 saturated carbocycles. The summed E-state index contributed by atoms with van der Waals surface area (Å²) < 4.78 is 10.7. The molecule has 6 heteroatoms. The van der Waals surface area contributed by atoms with E-state index in [0.717, 1.165) is 0 Å². The first-order valence-corrected chi connectivity index (χ1v) is 5.94. The van der Waals surface area contributed by atoms with Gasteiger partial charge in [0.15, 0.2) is 0 Å². The highest BCUT2D eigenvalue weighted by Crippen LogP contribution is 2.44. The third-order valence-corrected chi connectivity index (χ3v) is 3.26. The Morgan fingerprint density at radius 1 is 1.18 bits per heavy atom. The van der Waals surface area contributed by atoms with E-state index in [4.69, 9.17) is 33.0 Å². The van der Waals surface area contributed by atoms with Crippen molar-refractivity contribution >= 4 is 30.8 Å². The van der Waals surface area contributed by atoms with Gasteiger partial charge in [0.05, 0.1) is 5.66 Å². The zero-order valence-electron chi connectivity index (χ0n) is 5.91. The minimum absolute atomic E-state index is 0.257. The van der Waals surface area contributed by atoms with E-state index < -0.39 is 13.3 Å². The lowest BCUT2D eigenvalue weighted by Crippen LogP contribution is -2.09. The number of alkyl halides is 2. The molecule has 0 rings (SSSR count). The Bertz CT molecular complexity index is 141. The Morgan fingerprint density at radius 2 is 1.55 bits per heavy atom. The maximum absolute atomic E-state index is 10.7. The summed E-state index contributed by atoms with van der Waals surface area (Å²) in [6.45, 7) is 0. The topological polar surface area (TPSA) is 57.5 Å². The molecular formula is C5H11Cl2O3P. The van der Waals surface area contributed by atoms with Crippen LogP contribution in [0.25, 0.3) is 0 Å². The first-order valence-electron chi connectivity index (χ1n) is 3.19. The second-order valence-corrected chi connectivity index (χ2v) is 4.86. The fourth-order valence-electron chi connectivity index (χ4n) is 0.733. The van der Waals surface area contributed by atoms with Gasteiger partial charge in [-0.25, -0.2) is 0 Å². The van der Waals surface area contributed by atoms with Crippen molar-refractivity contribution in [1.29, 1.82) is 0 Å². The predicted molar refractivity (Wildman–Crippen MR) is 46.5 cm³/mol. The molecule has 0 fully saturated rings. The maximum atomic E-state index is 10.7. The van der Waals surface area contributed by atoms with Gasteiger partial charge in [-0.1, -0.05) is 0 Å². The van der Waals surface area contributed by atoms with Gasteiger partial charge in [0.25, 0.3) is 0 Å². The molecule has 0 aromatic rings. The van der Waals surface area contributed by atoms with E-state index in [1.165, 1.54) is 0 Å². The SMILES string of the molecule is O=P(O)(O)C(CCCl)CCCl. The van der Waals surface area contributed by atoms with Crippen molar-refractivity contribution in [3.63, 3.8) is 0 Å². The second-order valence-electron chi connectivity index (χ2n) is 2.20. The Morgan fingerprint density at radius 3 is 1.73 bits per heavy atom. The summed E-state index contributed by atoms with van der Waals surface area (Å²) >= 11 is 10.7. The zero-order chi connectivity index (χ0) is 8.91. The molecule has 2 N–H and O–H groups in total. The van der Waals surface area contributed by atoms with Crippen molar-refractivity contribution < 1.29 is 14.4 Å². The third-order valence-electron chi connectivity index (χ3n) is 1.36. The fraction of sp³-hybridized carbons (Fsp3) is 1.00. The number of halogens is 2. The standard InChI is InChI=1S/C5H11Cl2O3P/c6-3-1-5(2-4-7)11(8,9)10/h5H,1-4H2,(H2,8,9,10). The summed E-state index contributed by atoms with van der Waals surface area (Å²) in [5, 5.41) is 0. The molecule has 0 radical (unpaired) electrons. The van der Waals surface area contributed by atoms with Crippen LogP contribution in [0.5, 0.6) is 0 Å². The molecule has 68 valence electrons. The molecule has 0 saturated heterocycles. The average Bonchev–Trinajstić information content (AvgIpc) is 1.85. The summed E-state index contributed by atoms with van der Waals surface area (Å²) in [6.07, 6.45) is 0.636. The second kappa shape index (κ2) is 5.39. The lowest BCUT2D eigenvalue weighted by atomic mass is 10.3. The van der Waals surface area contributed by atoms with E-state index in [9.17, 15) is 4.57 Å². The van der Waals surface area contributed by atoms with Crippen molar-refractivity contribution in [2.45, 2.75) is 18.5 Å². The van der Waals surface area contributed by atoms with Gasteiger partial charge in [0.1, 0.15) is 0 Å². The molecule has 0 aromatic heterocycles. The predicted octanol–water partition coefficient (Wildman–Crippen LogP) is 1.79. The normalized spacial score (nSPS) is 12.5. The van der Waals surface area contributed by atoms with Gasteiger partial charge in [-0.15, -0.1) is 23.2 Å². The van der Waals surface area contributed by atoms with Crippen LogP contribution in [-0.2, 0) is 4.57 Å². The number of rotatable bonds is 5. The van der Waals surface area contributed by atoms with Gasteiger partial charge in [-0.3, -0.25) is 4.57 Å². The van der Waals surface area contributed by atoms with Gasteiger partial charge in [-0.05, 0) is 12.8 Å². The van der Waals surface area contributed by atoms with Gasteiger partial charge in [0.2, 0.25) is 0 Å². The number of hydrogen-bond donors (Lipinski definition) is 2. The van der Waals surface area contributed by atoms with Crippen LogP contribution >= 0.6 is 30.8 Å². The van der Waals surface area contributed by atoms with Crippen molar-refractivity contribution in [2.24, 2.45) is 0 Å². The zero-order valence-corrected chi connectivity index (χ0v) is 8.32. The molecule has 11 heavy (non-hydrogen) atoms. The monoisotopic (exact) mass is 220 g/mol. The van der Waals surface area contributed by atoms with Crippen LogP contribution in [0, 0.1) is 0 Å². The lowest BCUT2D eigenvalue weighted by Gasteiger charge is -2.15. The average molecular weight is 221 g/mol. The molecule has 0 heterocycles. The highest BCUT2D eigenvalue weighted by molar-refractivity contribution is 7.52. The lowest BCUT2D eigenvalue weighted by molar-refractivity contribution is 0.354. The highest BCUT2D eigenvalue weighted by Gasteiger charge is 2.26. The fourth-order valence-corrected chi connectivity index (χ4v) is 2.49. The largest absolute Gasteiger partial charge is 0.328 e. The molecule has 0 spiro atoms. The molecule has 0 atom stereocenters. The Balaban J connectivity index is 3.99. The molecule has 0 amide bonds. The molecule has 0 aliphatic heterocycles. The minimum Gasteiger partial charge on any atom is -0.324 e. The van der Waals surface area contributed by atoms with E-state index in [1.807, 2.05) is 0 Å². The molecule has 0 unspecified atom stereocenters. The van der Waals surface area contributed by atoms with Crippen LogP contribution in [0.15, 0.2) is 0 Å². The van der Waals surface area contributed by atoms with Crippen LogP contribution in [0.2, 0.25) is 0 Å². The van der Waals surface area contributed by atoms with E-state index in [0.29, 0.717) is 12.8 Å². The van der Waals surface area contributed by atoms with Gasteiger partial charge < -0.3 is 9.79 Å². The minimum atomic E-state index is -3.98. The van der Waals surface area contributed by atoms with Crippen LogP contribution < -0.4 is 0 Å². The third kappa shape index (κ3) is 5.05. The van der Waals surface area contributed by atoms with E-state index in [1.54, 1.807) is 0 Å². The van der Waals surface area contributed by atoms with Gasteiger partial charge >= 0.3 is 7.60 Å². The maximum Gasteiger partial charge on any atom is 0.328 e. The first-order chi connectivity index (χ1) is 5.02. The first kappa shape index (κ1) is 11.7. The Hall–Kier alpha value is 0.730. The molecule has 0 aromatic carbocycles. The Kier molecular flexibility index (Phi) is 5.75. The molecular weight excluding hydrogens is 210 g/mol. The van der Waals surface area contributed by atoms with Crippen LogP contribution in [-0.4, -0.2) is 27.2 Å². The quantitative estimate of drug-likeness (QED) is 0.549. The van der Waals surface area contributed by atoms with E-state index >= 15 is 0 Å². The van der Waals surface area contributed by atoms with Crippen LogP contribution in [0.1, 0.15) is 12.8 Å². The van der Waals surface area contributed by atoms with Crippen molar-refractivity contribution in [3.05, 3.63) is 0 Å². The van der Waals surface area contributed by atoms with Gasteiger partial charge in [-0.2, -0.15) is 0 Å². The van der Waals surface area contributed by atoms with E-state index in [2.05, 4.69) is 0 Å². The summed E-state index contributed by atoms with van der Waals surface area (Å²) in [4.78, 5) is 17.5. The van der Waals surface area contributed by atoms with Crippen molar-refractivity contribution in [3.8, 4) is 0 Å². The highest BCUT2D eigenvalue weighted by atomic mass is 35.5. The van der Waals surface area contributed by atoms with Crippen LogP contribution in [0.4, 0.5) is 0 Å². The molecule has 0 aliphatic carbocycles. The molecule has 0 bridgehead atoms. The van der Waals surface area contributed by atoms with Gasteiger partial charge in [0, 0.05) is 11.8 Å². The molecule has 3 nitrogen and oxygen atoms in total. The molecule has 0 aliphatic rings. The van der Waals surface area contributed by atoms with Crippen LogP contribution in [0.3, 0.4) is 0 Å². The summed E-state index contributed by atoms with van der Waals surface area (Å²) in [5.74, 6) is 0.513. The number of hydrogen-bond acceptors (Lipinski definition) is 1. The summed E-state index contributed by atoms with van der Waals surface area (Å²) in [5.41, 5.74) is -0.669. The summed E-state index contributed by atoms with van der Waals surface area (Å²) in [6, 6.07) is 0. The summed E-state index contributed by atoms with van der Waals surface area (Å²) in [7, 11) is -3.98.